The van der Waals surface area contributed by atoms with E-state index in [0.717, 1.165) is 20.9 Å². The van der Waals surface area contributed by atoms with Gasteiger partial charge in [0.1, 0.15) is 5.69 Å². The molecule has 0 atom stereocenters. The average molecular weight is 282 g/mol. The average Bonchev–Trinajstić information content (AvgIpc) is 2.51. The van der Waals surface area contributed by atoms with Crippen molar-refractivity contribution in [3.8, 4) is 0 Å². The van der Waals surface area contributed by atoms with E-state index in [9.17, 15) is 9.90 Å². The standard InChI is InChI=1S/C12H12BrNO2/c1-3-14-10-5-4-8(13)6-9(10)7(2)11(14)12(15)16/h4-6H,3H2,1-2H3,(H,15,16). The minimum Gasteiger partial charge on any atom is -0.477 e. The number of aromatic carboxylic acids is 1. The van der Waals surface area contributed by atoms with Crippen molar-refractivity contribution in [3.63, 3.8) is 0 Å². The predicted octanol–water partition coefficient (Wildman–Crippen LogP) is 3.43. The second kappa shape index (κ2) is 3.94. The molecule has 0 amide bonds. The predicted molar refractivity (Wildman–Crippen MR) is 67.0 cm³/mol. The number of nitrogens with zero attached hydrogens (tertiary/aromatic N) is 1. The van der Waals surface area contributed by atoms with E-state index in [1.54, 1.807) is 0 Å². The van der Waals surface area contributed by atoms with Gasteiger partial charge in [-0.15, -0.1) is 0 Å². The number of fused-ring (bicyclic) bond motifs is 1. The van der Waals surface area contributed by atoms with Gasteiger partial charge in [0.15, 0.2) is 0 Å². The van der Waals surface area contributed by atoms with E-state index < -0.39 is 5.97 Å². The molecule has 3 nitrogen and oxygen atoms in total. The summed E-state index contributed by atoms with van der Waals surface area (Å²) >= 11 is 3.40. The van der Waals surface area contributed by atoms with E-state index in [4.69, 9.17) is 0 Å². The van der Waals surface area contributed by atoms with E-state index >= 15 is 0 Å². The maximum atomic E-state index is 11.2. The van der Waals surface area contributed by atoms with Crippen LogP contribution in [0.2, 0.25) is 0 Å². The Balaban J connectivity index is 2.90. The molecular weight excluding hydrogens is 270 g/mol. The van der Waals surface area contributed by atoms with Crippen molar-refractivity contribution >= 4 is 32.8 Å². The number of hydrogen-bond acceptors (Lipinski definition) is 1. The molecule has 2 rings (SSSR count). The van der Waals surface area contributed by atoms with Crippen molar-refractivity contribution in [3.05, 3.63) is 33.9 Å². The van der Waals surface area contributed by atoms with Gasteiger partial charge in [0.05, 0.1) is 0 Å². The van der Waals surface area contributed by atoms with E-state index in [0.29, 0.717) is 12.2 Å². The van der Waals surface area contributed by atoms with Crippen molar-refractivity contribution in [2.45, 2.75) is 20.4 Å². The first-order valence-corrected chi connectivity index (χ1v) is 5.87. The molecule has 84 valence electrons. The molecule has 1 N–H and O–H groups in total. The zero-order valence-corrected chi connectivity index (χ0v) is 10.7. The summed E-state index contributed by atoms with van der Waals surface area (Å²) in [6.07, 6.45) is 0. The molecule has 1 aromatic heterocycles. The summed E-state index contributed by atoms with van der Waals surface area (Å²) in [5.41, 5.74) is 2.18. The number of benzene rings is 1. The second-order valence-corrected chi connectivity index (χ2v) is 4.60. The van der Waals surface area contributed by atoms with Crippen LogP contribution in [-0.2, 0) is 6.54 Å². The van der Waals surface area contributed by atoms with Crippen molar-refractivity contribution in [2.75, 3.05) is 0 Å². The first kappa shape index (κ1) is 11.2. The molecule has 0 saturated heterocycles. The summed E-state index contributed by atoms with van der Waals surface area (Å²) in [6, 6.07) is 5.84. The highest BCUT2D eigenvalue weighted by atomic mass is 79.9. The largest absolute Gasteiger partial charge is 0.477 e. The zero-order chi connectivity index (χ0) is 11.9. The first-order valence-electron chi connectivity index (χ1n) is 5.08. The van der Waals surface area contributed by atoms with Crippen LogP contribution in [0.5, 0.6) is 0 Å². The van der Waals surface area contributed by atoms with E-state index in [1.165, 1.54) is 0 Å². The van der Waals surface area contributed by atoms with E-state index in [1.807, 2.05) is 36.6 Å². The second-order valence-electron chi connectivity index (χ2n) is 3.68. The third-order valence-corrected chi connectivity index (χ3v) is 3.29. The van der Waals surface area contributed by atoms with Crippen LogP contribution >= 0.6 is 15.9 Å². The van der Waals surface area contributed by atoms with Gasteiger partial charge in [0.25, 0.3) is 0 Å². The number of halogens is 1. The summed E-state index contributed by atoms with van der Waals surface area (Å²) < 4.78 is 2.80. The fourth-order valence-electron chi connectivity index (χ4n) is 2.10. The number of aromatic nitrogens is 1. The molecule has 16 heavy (non-hydrogen) atoms. The van der Waals surface area contributed by atoms with Crippen LogP contribution < -0.4 is 0 Å². The molecule has 0 aliphatic heterocycles. The highest BCUT2D eigenvalue weighted by Crippen LogP contribution is 2.28. The molecule has 0 saturated carbocycles. The Morgan fingerprint density at radius 2 is 2.19 bits per heavy atom. The van der Waals surface area contributed by atoms with Gasteiger partial charge in [-0.2, -0.15) is 0 Å². The molecule has 0 fully saturated rings. The molecule has 0 aliphatic rings. The summed E-state index contributed by atoms with van der Waals surface area (Å²) in [5, 5.41) is 10.2. The Hall–Kier alpha value is -1.29. The van der Waals surface area contributed by atoms with Crippen LogP contribution in [0.3, 0.4) is 0 Å². The maximum Gasteiger partial charge on any atom is 0.352 e. The molecule has 4 heteroatoms. The Bertz CT molecular complexity index is 572. The highest BCUT2D eigenvalue weighted by Gasteiger charge is 2.18. The number of carboxylic acid groups (broad SMARTS) is 1. The lowest BCUT2D eigenvalue weighted by molar-refractivity contribution is 0.0685. The van der Waals surface area contributed by atoms with Gasteiger partial charge in [-0.3, -0.25) is 0 Å². The maximum absolute atomic E-state index is 11.2. The molecule has 0 aliphatic carbocycles. The minimum atomic E-state index is -0.869. The SMILES string of the molecule is CCn1c(C(=O)O)c(C)c2cc(Br)ccc21. The molecule has 1 aromatic carbocycles. The Morgan fingerprint density at radius 1 is 1.50 bits per heavy atom. The quantitative estimate of drug-likeness (QED) is 0.916. The highest BCUT2D eigenvalue weighted by molar-refractivity contribution is 9.10. The number of hydrogen-bond donors (Lipinski definition) is 1. The molecule has 2 aromatic rings. The fraction of sp³-hybridized carbons (Fsp3) is 0.250. The first-order chi connectivity index (χ1) is 7.56. The smallest absolute Gasteiger partial charge is 0.352 e. The Labute approximate surface area is 102 Å². The van der Waals surface area contributed by atoms with Gasteiger partial charge in [-0.25, -0.2) is 4.79 Å². The van der Waals surface area contributed by atoms with Gasteiger partial charge in [-0.05, 0) is 37.6 Å². The summed E-state index contributed by atoms with van der Waals surface area (Å²) in [6.45, 7) is 4.46. The lowest BCUT2D eigenvalue weighted by Crippen LogP contribution is -2.08. The van der Waals surface area contributed by atoms with Gasteiger partial charge in [0, 0.05) is 21.9 Å². The monoisotopic (exact) mass is 281 g/mol. The van der Waals surface area contributed by atoms with Gasteiger partial charge >= 0.3 is 5.97 Å². The molecule has 0 spiro atoms. The fourth-order valence-corrected chi connectivity index (χ4v) is 2.46. The number of carboxylic acids is 1. The van der Waals surface area contributed by atoms with Crippen LogP contribution in [-0.4, -0.2) is 15.6 Å². The van der Waals surface area contributed by atoms with Crippen molar-refractivity contribution in [1.29, 1.82) is 0 Å². The van der Waals surface area contributed by atoms with Crippen molar-refractivity contribution < 1.29 is 9.90 Å². The minimum absolute atomic E-state index is 0.385. The summed E-state index contributed by atoms with van der Waals surface area (Å²) in [5.74, 6) is -0.869. The number of rotatable bonds is 2. The summed E-state index contributed by atoms with van der Waals surface area (Å²) in [4.78, 5) is 11.2. The molecule has 0 bridgehead atoms. The van der Waals surface area contributed by atoms with Gasteiger partial charge in [-0.1, -0.05) is 15.9 Å². The molecule has 0 unspecified atom stereocenters. The van der Waals surface area contributed by atoms with Crippen LogP contribution in [0.4, 0.5) is 0 Å². The van der Waals surface area contributed by atoms with E-state index in [-0.39, 0.29) is 0 Å². The lowest BCUT2D eigenvalue weighted by Gasteiger charge is -2.04. The normalized spacial score (nSPS) is 10.9. The Morgan fingerprint density at radius 3 is 2.75 bits per heavy atom. The van der Waals surface area contributed by atoms with Crippen LogP contribution in [0.1, 0.15) is 23.0 Å². The topological polar surface area (TPSA) is 42.2 Å². The van der Waals surface area contributed by atoms with Gasteiger partial charge in [0.2, 0.25) is 0 Å². The summed E-state index contributed by atoms with van der Waals surface area (Å²) in [7, 11) is 0. The van der Waals surface area contributed by atoms with Crippen LogP contribution in [0.15, 0.2) is 22.7 Å². The van der Waals surface area contributed by atoms with E-state index in [2.05, 4.69) is 15.9 Å². The molecule has 1 heterocycles. The Kier molecular flexibility index (Phi) is 2.76. The molecular formula is C12H12BrNO2. The van der Waals surface area contributed by atoms with Crippen LogP contribution in [0, 0.1) is 6.92 Å². The third kappa shape index (κ3) is 1.53. The van der Waals surface area contributed by atoms with Gasteiger partial charge < -0.3 is 9.67 Å². The third-order valence-electron chi connectivity index (χ3n) is 2.80. The van der Waals surface area contributed by atoms with Crippen LogP contribution in [0.25, 0.3) is 10.9 Å². The lowest BCUT2D eigenvalue weighted by atomic mass is 10.1. The van der Waals surface area contributed by atoms with Crippen molar-refractivity contribution in [2.24, 2.45) is 0 Å². The zero-order valence-electron chi connectivity index (χ0n) is 9.12. The number of aryl methyl sites for hydroxylation is 2. The number of carbonyl (C=O) groups is 1. The molecule has 0 radical (unpaired) electrons. The van der Waals surface area contributed by atoms with Crippen molar-refractivity contribution in [1.82, 2.24) is 4.57 Å².